The molecular formula is C17H25NOS. The fourth-order valence-corrected chi connectivity index (χ4v) is 3.12. The van der Waals surface area contributed by atoms with Crippen molar-refractivity contribution in [3.05, 3.63) is 29.8 Å². The molecule has 0 amide bonds. The topological polar surface area (TPSA) is 40.9 Å². The lowest BCUT2D eigenvalue weighted by Gasteiger charge is -2.14. The molecule has 0 aromatic heterocycles. The van der Waals surface area contributed by atoms with Gasteiger partial charge in [0.05, 0.1) is 22.3 Å². The molecule has 0 aliphatic heterocycles. The lowest BCUT2D eigenvalue weighted by molar-refractivity contribution is 0.432. The van der Waals surface area contributed by atoms with Gasteiger partial charge in [0, 0.05) is 10.6 Å². The first kappa shape index (κ1) is 16.9. The molecule has 20 heavy (non-hydrogen) atoms. The summed E-state index contributed by atoms with van der Waals surface area (Å²) >= 11 is 0. The second-order valence-corrected chi connectivity index (χ2v) is 7.80. The molecule has 0 aliphatic rings. The lowest BCUT2D eigenvalue weighted by atomic mass is 9.89. The minimum atomic E-state index is -0.918. The number of nitrogens with zero attached hydrogens (tertiary/aromatic N) is 1. The van der Waals surface area contributed by atoms with Crippen LogP contribution >= 0.6 is 0 Å². The highest BCUT2D eigenvalue weighted by Crippen LogP contribution is 2.22. The van der Waals surface area contributed by atoms with Gasteiger partial charge in [0.15, 0.2) is 0 Å². The van der Waals surface area contributed by atoms with Gasteiger partial charge in [-0.05, 0) is 50.3 Å². The summed E-state index contributed by atoms with van der Waals surface area (Å²) < 4.78 is 12.2. The summed E-state index contributed by atoms with van der Waals surface area (Å²) in [6.45, 7) is 8.22. The van der Waals surface area contributed by atoms with Crippen molar-refractivity contribution in [3.63, 3.8) is 0 Å². The SMILES string of the molecule is CC(C)c1ccc(S(=O)CCCCC(C)(C)C#N)cc1. The van der Waals surface area contributed by atoms with E-state index in [0.29, 0.717) is 11.7 Å². The van der Waals surface area contributed by atoms with Crippen LogP contribution in [0.5, 0.6) is 0 Å². The summed E-state index contributed by atoms with van der Waals surface area (Å²) in [5, 5.41) is 8.94. The Morgan fingerprint density at radius 2 is 1.80 bits per heavy atom. The molecule has 2 nitrogen and oxygen atoms in total. The minimum Gasteiger partial charge on any atom is -0.254 e. The molecule has 1 rings (SSSR count). The van der Waals surface area contributed by atoms with Crippen LogP contribution in [0.1, 0.15) is 58.4 Å². The van der Waals surface area contributed by atoms with Gasteiger partial charge >= 0.3 is 0 Å². The van der Waals surface area contributed by atoms with Gasteiger partial charge in [-0.25, -0.2) is 0 Å². The first-order valence-corrected chi connectivity index (χ1v) is 8.57. The Bertz CT molecular complexity index is 483. The number of rotatable bonds is 7. The van der Waals surface area contributed by atoms with Crippen molar-refractivity contribution in [1.82, 2.24) is 0 Å². The van der Waals surface area contributed by atoms with Crippen LogP contribution in [0.3, 0.4) is 0 Å². The zero-order valence-electron chi connectivity index (χ0n) is 13.0. The zero-order chi connectivity index (χ0) is 15.2. The van der Waals surface area contributed by atoms with Crippen molar-refractivity contribution in [1.29, 1.82) is 5.26 Å². The van der Waals surface area contributed by atoms with Gasteiger partial charge in [0.2, 0.25) is 0 Å². The second-order valence-electron chi connectivity index (χ2n) is 6.23. The molecular weight excluding hydrogens is 266 g/mol. The third-order valence-electron chi connectivity index (χ3n) is 3.49. The van der Waals surface area contributed by atoms with E-state index < -0.39 is 10.8 Å². The van der Waals surface area contributed by atoms with E-state index in [1.165, 1.54) is 5.56 Å². The molecule has 1 atom stereocenters. The average molecular weight is 291 g/mol. The van der Waals surface area contributed by atoms with Crippen molar-refractivity contribution in [3.8, 4) is 6.07 Å². The molecule has 0 spiro atoms. The molecule has 1 unspecified atom stereocenters. The minimum absolute atomic E-state index is 0.263. The standard InChI is InChI=1S/C17H25NOS/c1-14(2)15-7-9-16(10-8-15)20(19)12-6-5-11-17(3,4)13-18/h7-10,14H,5-6,11-12H2,1-4H3. The average Bonchev–Trinajstić information content (AvgIpc) is 2.43. The Kier molecular flexibility index (Phi) is 6.42. The predicted molar refractivity (Wildman–Crippen MR) is 85.1 cm³/mol. The normalized spacial score (nSPS) is 13.2. The van der Waals surface area contributed by atoms with Gasteiger partial charge in [0.25, 0.3) is 0 Å². The molecule has 0 heterocycles. The number of benzene rings is 1. The molecule has 0 N–H and O–H groups in total. The maximum absolute atomic E-state index is 12.2. The lowest BCUT2D eigenvalue weighted by Crippen LogP contribution is -2.08. The van der Waals surface area contributed by atoms with E-state index >= 15 is 0 Å². The highest BCUT2D eigenvalue weighted by Gasteiger charge is 2.15. The van der Waals surface area contributed by atoms with E-state index in [2.05, 4.69) is 32.0 Å². The smallest absolute Gasteiger partial charge is 0.0683 e. The van der Waals surface area contributed by atoms with E-state index in [1.807, 2.05) is 26.0 Å². The van der Waals surface area contributed by atoms with E-state index in [4.69, 9.17) is 5.26 Å². The van der Waals surface area contributed by atoms with E-state index in [9.17, 15) is 4.21 Å². The third kappa shape index (κ3) is 5.46. The molecule has 0 saturated carbocycles. The summed E-state index contributed by atoms with van der Waals surface area (Å²) in [4.78, 5) is 0.911. The summed E-state index contributed by atoms with van der Waals surface area (Å²) in [6, 6.07) is 10.4. The van der Waals surface area contributed by atoms with Gasteiger partial charge < -0.3 is 0 Å². The van der Waals surface area contributed by atoms with Crippen LogP contribution in [0.4, 0.5) is 0 Å². The highest BCUT2D eigenvalue weighted by atomic mass is 32.2. The number of hydrogen-bond acceptors (Lipinski definition) is 2. The maximum atomic E-state index is 12.2. The molecule has 0 fully saturated rings. The summed E-state index contributed by atoms with van der Waals surface area (Å²) in [5.41, 5.74) is 1.02. The summed E-state index contributed by atoms with van der Waals surface area (Å²) in [7, 11) is -0.918. The van der Waals surface area contributed by atoms with Crippen molar-refractivity contribution >= 4 is 10.8 Å². The van der Waals surface area contributed by atoms with Crippen LogP contribution < -0.4 is 0 Å². The fraction of sp³-hybridized carbons (Fsp3) is 0.588. The quantitative estimate of drug-likeness (QED) is 0.687. The van der Waals surface area contributed by atoms with Gasteiger partial charge in [-0.2, -0.15) is 5.26 Å². The van der Waals surface area contributed by atoms with Crippen LogP contribution in [0, 0.1) is 16.7 Å². The summed E-state index contributed by atoms with van der Waals surface area (Å²) in [5.74, 6) is 1.19. The van der Waals surface area contributed by atoms with Crippen LogP contribution in [-0.4, -0.2) is 9.96 Å². The predicted octanol–water partition coefficient (Wildman–Crippen LogP) is 4.64. The molecule has 0 radical (unpaired) electrons. The van der Waals surface area contributed by atoms with Crippen LogP contribution in [0.25, 0.3) is 0 Å². The highest BCUT2D eigenvalue weighted by molar-refractivity contribution is 7.85. The van der Waals surface area contributed by atoms with Gasteiger partial charge in [-0.1, -0.05) is 32.4 Å². The fourth-order valence-electron chi connectivity index (χ4n) is 1.98. The van der Waals surface area contributed by atoms with Crippen LogP contribution in [-0.2, 0) is 10.8 Å². The van der Waals surface area contributed by atoms with Gasteiger partial charge in [0.1, 0.15) is 0 Å². The van der Waals surface area contributed by atoms with Gasteiger partial charge in [-0.3, -0.25) is 4.21 Å². The first-order valence-electron chi connectivity index (χ1n) is 7.25. The molecule has 0 bridgehead atoms. The van der Waals surface area contributed by atoms with E-state index in [-0.39, 0.29) is 5.41 Å². The van der Waals surface area contributed by atoms with Crippen molar-refractivity contribution in [2.24, 2.45) is 5.41 Å². The Balaban J connectivity index is 2.42. The molecule has 0 aliphatic carbocycles. The molecule has 3 heteroatoms. The molecule has 110 valence electrons. The van der Waals surface area contributed by atoms with Gasteiger partial charge in [-0.15, -0.1) is 0 Å². The number of unbranched alkanes of at least 4 members (excludes halogenated alkanes) is 1. The number of nitriles is 1. The third-order valence-corrected chi connectivity index (χ3v) is 4.95. The van der Waals surface area contributed by atoms with E-state index in [1.54, 1.807) is 0 Å². The zero-order valence-corrected chi connectivity index (χ0v) is 13.8. The molecule has 0 saturated heterocycles. The second kappa shape index (κ2) is 7.59. The number of hydrogen-bond donors (Lipinski definition) is 0. The first-order chi connectivity index (χ1) is 9.35. The monoisotopic (exact) mass is 291 g/mol. The maximum Gasteiger partial charge on any atom is 0.0683 e. The summed E-state index contributed by atoms with van der Waals surface area (Å²) in [6.07, 6.45) is 2.73. The Morgan fingerprint density at radius 1 is 1.20 bits per heavy atom. The molecule has 1 aromatic rings. The largest absolute Gasteiger partial charge is 0.254 e. The van der Waals surface area contributed by atoms with E-state index in [0.717, 1.165) is 24.2 Å². The Hall–Kier alpha value is -1.14. The van der Waals surface area contributed by atoms with Crippen molar-refractivity contribution in [2.75, 3.05) is 5.75 Å². The van der Waals surface area contributed by atoms with Crippen molar-refractivity contribution < 1.29 is 4.21 Å². The van der Waals surface area contributed by atoms with Crippen LogP contribution in [0.15, 0.2) is 29.2 Å². The van der Waals surface area contributed by atoms with Crippen molar-refractivity contribution in [2.45, 2.75) is 57.8 Å². The Labute approximate surface area is 125 Å². The van der Waals surface area contributed by atoms with Crippen LogP contribution in [0.2, 0.25) is 0 Å². The Morgan fingerprint density at radius 3 is 2.30 bits per heavy atom. The molecule has 1 aromatic carbocycles.